The Morgan fingerprint density at radius 1 is 0.923 bits per heavy atom. The lowest BCUT2D eigenvalue weighted by Gasteiger charge is -2.28. The zero-order valence-corrected chi connectivity index (χ0v) is 31.4. The number of amides is 2. The summed E-state index contributed by atoms with van der Waals surface area (Å²) >= 11 is 0. The van der Waals surface area contributed by atoms with Gasteiger partial charge in [-0.2, -0.15) is 10.00 Å². The number of halogens is 1. The van der Waals surface area contributed by atoms with Crippen molar-refractivity contribution in [2.75, 3.05) is 10.2 Å². The SMILES string of the molecule is CCc1cc(C(Nc2ccc3c(N(C(=O)OC(C)(C)C)C(=O)OC(C)(C)C)nccc3c2)c2nc(-c3ccccc3)nn2C)c(F)cc1OC(C)C. The van der Waals surface area contributed by atoms with Gasteiger partial charge >= 0.3 is 12.2 Å². The van der Waals surface area contributed by atoms with E-state index in [1.54, 1.807) is 71.5 Å². The third kappa shape index (κ3) is 8.85. The number of imide groups is 1. The highest BCUT2D eigenvalue weighted by atomic mass is 19.1. The third-order valence-corrected chi connectivity index (χ3v) is 7.74. The number of carbonyl (C=O) groups excluding carboxylic acids is 2. The normalized spacial score (nSPS) is 12.5. The molecule has 5 aromatic rings. The maximum absolute atomic E-state index is 16.2. The fraction of sp³-hybridized carbons (Fsp3) is 0.375. The number of ether oxygens (including phenoxy) is 3. The van der Waals surface area contributed by atoms with E-state index in [1.165, 1.54) is 12.3 Å². The van der Waals surface area contributed by atoms with Gasteiger partial charge in [0.15, 0.2) is 17.5 Å². The smallest absolute Gasteiger partial charge is 0.425 e. The minimum atomic E-state index is -0.924. The van der Waals surface area contributed by atoms with E-state index < -0.39 is 35.2 Å². The third-order valence-electron chi connectivity index (χ3n) is 7.74. The highest BCUT2D eigenvalue weighted by Gasteiger charge is 2.35. The number of pyridine rings is 1. The molecule has 1 N–H and O–H groups in total. The first-order chi connectivity index (χ1) is 24.4. The number of rotatable bonds is 9. The molecule has 0 fully saturated rings. The minimum absolute atomic E-state index is 0.0456. The summed E-state index contributed by atoms with van der Waals surface area (Å²) in [6, 6.07) is 19.1. The van der Waals surface area contributed by atoms with Crippen LogP contribution in [0.5, 0.6) is 5.75 Å². The average Bonchev–Trinajstić information content (AvgIpc) is 3.43. The second-order valence-electron chi connectivity index (χ2n) is 14.7. The van der Waals surface area contributed by atoms with Crippen LogP contribution in [0.1, 0.15) is 85.3 Å². The molecule has 2 amide bonds. The van der Waals surface area contributed by atoms with Gasteiger partial charge in [-0.3, -0.25) is 4.68 Å². The van der Waals surface area contributed by atoms with E-state index in [-0.39, 0.29) is 11.9 Å². The fourth-order valence-corrected chi connectivity index (χ4v) is 5.58. The summed E-state index contributed by atoms with van der Waals surface area (Å²) in [5.41, 5.74) is 0.866. The van der Waals surface area contributed by atoms with Gasteiger partial charge in [0.1, 0.15) is 28.8 Å². The molecule has 11 nitrogen and oxygen atoms in total. The van der Waals surface area contributed by atoms with Gasteiger partial charge < -0.3 is 19.5 Å². The molecule has 12 heteroatoms. The van der Waals surface area contributed by atoms with Crippen molar-refractivity contribution in [2.24, 2.45) is 7.05 Å². The van der Waals surface area contributed by atoms with Crippen LogP contribution in [-0.4, -0.2) is 49.2 Å². The summed E-state index contributed by atoms with van der Waals surface area (Å²) in [4.78, 5) is 37.0. The summed E-state index contributed by atoms with van der Waals surface area (Å²) < 4.78 is 35.0. The first-order valence-corrected chi connectivity index (χ1v) is 17.3. The Morgan fingerprint density at radius 2 is 1.58 bits per heavy atom. The monoisotopic (exact) mass is 710 g/mol. The van der Waals surface area contributed by atoms with Gasteiger partial charge in [-0.25, -0.2) is 23.9 Å². The number of hydrogen-bond acceptors (Lipinski definition) is 9. The number of benzene rings is 3. The Balaban J connectivity index is 1.62. The lowest BCUT2D eigenvalue weighted by Crippen LogP contribution is -2.44. The molecular weight excluding hydrogens is 663 g/mol. The van der Waals surface area contributed by atoms with Gasteiger partial charge in [0.05, 0.1) is 6.10 Å². The van der Waals surface area contributed by atoms with Crippen molar-refractivity contribution in [3.8, 4) is 17.1 Å². The number of aryl methyl sites for hydroxylation is 2. The summed E-state index contributed by atoms with van der Waals surface area (Å²) in [5, 5.41) is 9.31. The number of carbonyl (C=O) groups is 2. The van der Waals surface area contributed by atoms with Crippen molar-refractivity contribution < 1.29 is 28.2 Å². The van der Waals surface area contributed by atoms with Crippen LogP contribution >= 0.6 is 0 Å². The maximum atomic E-state index is 16.2. The molecule has 1 atom stereocenters. The average molecular weight is 711 g/mol. The van der Waals surface area contributed by atoms with Crippen LogP contribution in [0.15, 0.2) is 72.9 Å². The van der Waals surface area contributed by atoms with Gasteiger partial charge in [0.25, 0.3) is 0 Å². The second-order valence-corrected chi connectivity index (χ2v) is 14.7. The van der Waals surface area contributed by atoms with Crippen molar-refractivity contribution in [3.63, 3.8) is 0 Å². The standard InChI is InChI=1S/C40H47FN6O5/c1-11-25-22-30(31(41)23-32(25)50-24(2)3)33(36-44-34(45-46(36)10)26-15-13-12-14-16-26)43-28-17-18-29-27(21-28)19-20-42-35(29)47(37(48)51-39(4,5)6)38(49)52-40(7,8)9/h12-24,33,43H,11H2,1-10H3. The Morgan fingerprint density at radius 3 is 2.17 bits per heavy atom. The summed E-state index contributed by atoms with van der Waals surface area (Å²) in [5.74, 6) is 1.05. The highest BCUT2D eigenvalue weighted by Crippen LogP contribution is 2.36. The zero-order valence-electron chi connectivity index (χ0n) is 31.4. The summed E-state index contributed by atoms with van der Waals surface area (Å²) in [7, 11) is 1.78. The molecule has 0 bridgehead atoms. The molecule has 3 aromatic carbocycles. The Bertz CT molecular complexity index is 2040. The lowest BCUT2D eigenvalue weighted by atomic mass is 9.99. The topological polar surface area (TPSA) is 121 Å². The van der Waals surface area contributed by atoms with Gasteiger partial charge in [-0.1, -0.05) is 37.3 Å². The van der Waals surface area contributed by atoms with Crippen LogP contribution in [-0.2, 0) is 22.9 Å². The quantitative estimate of drug-likeness (QED) is 0.159. The van der Waals surface area contributed by atoms with E-state index >= 15 is 4.39 Å². The largest absolute Gasteiger partial charge is 0.491 e. The van der Waals surface area contributed by atoms with E-state index in [9.17, 15) is 9.59 Å². The van der Waals surface area contributed by atoms with Crippen LogP contribution in [0.2, 0.25) is 0 Å². The van der Waals surface area contributed by atoms with Crippen LogP contribution in [0.3, 0.4) is 0 Å². The molecule has 0 saturated heterocycles. The molecule has 52 heavy (non-hydrogen) atoms. The number of anilines is 2. The number of hydrogen-bond donors (Lipinski definition) is 1. The molecule has 5 rings (SSSR count). The summed E-state index contributed by atoms with van der Waals surface area (Å²) in [6.07, 6.45) is 0.138. The molecule has 0 saturated carbocycles. The van der Waals surface area contributed by atoms with Crippen molar-refractivity contribution in [2.45, 2.75) is 92.1 Å². The predicted octanol–water partition coefficient (Wildman–Crippen LogP) is 9.40. The van der Waals surface area contributed by atoms with Gasteiger partial charge in [0.2, 0.25) is 0 Å². The van der Waals surface area contributed by atoms with E-state index in [2.05, 4.69) is 15.4 Å². The van der Waals surface area contributed by atoms with Crippen LogP contribution in [0.4, 0.5) is 25.5 Å². The second kappa shape index (κ2) is 15.0. The number of aromatic nitrogens is 4. The highest BCUT2D eigenvalue weighted by molar-refractivity contribution is 6.14. The molecule has 0 spiro atoms. The lowest BCUT2D eigenvalue weighted by molar-refractivity contribution is 0.0429. The predicted molar refractivity (Wildman–Crippen MR) is 200 cm³/mol. The molecule has 0 radical (unpaired) electrons. The van der Waals surface area contributed by atoms with E-state index in [4.69, 9.17) is 19.2 Å². The van der Waals surface area contributed by atoms with E-state index in [0.29, 0.717) is 45.8 Å². The Labute approximate surface area is 304 Å². The number of fused-ring (bicyclic) bond motifs is 1. The van der Waals surface area contributed by atoms with Crippen LogP contribution < -0.4 is 15.0 Å². The molecular formula is C40H47FN6O5. The van der Waals surface area contributed by atoms with Crippen molar-refractivity contribution >= 4 is 34.5 Å². The maximum Gasteiger partial charge on any atom is 0.425 e. The molecule has 1 unspecified atom stereocenters. The molecule has 274 valence electrons. The minimum Gasteiger partial charge on any atom is -0.491 e. The van der Waals surface area contributed by atoms with Crippen LogP contribution in [0, 0.1) is 5.82 Å². The Kier molecular flexibility index (Phi) is 10.9. The van der Waals surface area contributed by atoms with Gasteiger partial charge in [0, 0.05) is 41.5 Å². The number of nitrogens with one attached hydrogen (secondary N) is 1. The van der Waals surface area contributed by atoms with E-state index in [1.807, 2.05) is 63.2 Å². The van der Waals surface area contributed by atoms with Gasteiger partial charge in [-0.15, -0.1) is 0 Å². The van der Waals surface area contributed by atoms with Crippen molar-refractivity contribution in [1.82, 2.24) is 19.7 Å². The van der Waals surface area contributed by atoms with Crippen LogP contribution in [0.25, 0.3) is 22.2 Å². The Hall–Kier alpha value is -5.52. The fourth-order valence-electron chi connectivity index (χ4n) is 5.58. The molecule has 0 aliphatic heterocycles. The first kappa shape index (κ1) is 37.7. The summed E-state index contributed by atoms with van der Waals surface area (Å²) in [6.45, 7) is 16.1. The van der Waals surface area contributed by atoms with Gasteiger partial charge in [-0.05, 0) is 103 Å². The van der Waals surface area contributed by atoms with Crippen molar-refractivity contribution in [3.05, 3.63) is 95.7 Å². The first-order valence-electron chi connectivity index (χ1n) is 17.3. The number of nitrogens with zero attached hydrogens (tertiary/aromatic N) is 5. The van der Waals surface area contributed by atoms with Crippen molar-refractivity contribution in [1.29, 1.82) is 0 Å². The zero-order chi connectivity index (χ0) is 38.0. The van der Waals surface area contributed by atoms with E-state index in [0.717, 1.165) is 16.0 Å². The molecule has 2 aromatic heterocycles. The molecule has 2 heterocycles. The molecule has 0 aliphatic rings. The molecule has 0 aliphatic carbocycles.